The molecule has 7 rings (SSSR count). The van der Waals surface area contributed by atoms with Gasteiger partial charge in [-0.3, -0.25) is 0 Å². The highest BCUT2D eigenvalue weighted by molar-refractivity contribution is 6.30. The lowest BCUT2D eigenvalue weighted by atomic mass is 10.0. The highest BCUT2D eigenvalue weighted by Gasteiger charge is 2.56. The molecule has 1 heterocycles. The van der Waals surface area contributed by atoms with Crippen LogP contribution in [-0.4, -0.2) is 21.2 Å². The molecule has 4 aliphatic carbocycles. The third-order valence-electron chi connectivity index (χ3n) is 7.94. The van der Waals surface area contributed by atoms with Crippen molar-refractivity contribution < 1.29 is 9.73 Å². The van der Waals surface area contributed by atoms with Crippen molar-refractivity contribution in [3.8, 4) is 0 Å². The fraction of sp³-hybridized carbons (Fsp3) is 0.321. The fourth-order valence-corrected chi connectivity index (χ4v) is 6.31. The number of allylic oxidation sites excluding steroid dienone is 4. The van der Waals surface area contributed by atoms with Crippen LogP contribution in [0.25, 0.3) is 11.1 Å². The van der Waals surface area contributed by atoms with Gasteiger partial charge in [0.1, 0.15) is 11.7 Å². The van der Waals surface area contributed by atoms with E-state index >= 15 is 0 Å². The van der Waals surface area contributed by atoms with E-state index in [0.717, 1.165) is 28.7 Å². The van der Waals surface area contributed by atoms with Crippen LogP contribution >= 0.6 is 34.8 Å². The molecular formula is C28H25Cl3N4O2. The van der Waals surface area contributed by atoms with Crippen LogP contribution in [0.15, 0.2) is 70.4 Å². The van der Waals surface area contributed by atoms with Crippen LogP contribution in [-0.2, 0) is 5.88 Å². The summed E-state index contributed by atoms with van der Waals surface area (Å²) < 4.78 is 5.08. The molecular weight excluding hydrogens is 531 g/mol. The van der Waals surface area contributed by atoms with E-state index in [1.807, 2.05) is 36.4 Å². The number of benzene rings is 2. The first-order chi connectivity index (χ1) is 18.0. The number of nitrogens with zero attached hydrogens (tertiary/aromatic N) is 3. The Morgan fingerprint density at radius 3 is 1.92 bits per heavy atom. The van der Waals surface area contributed by atoms with E-state index < -0.39 is 0 Å². The molecule has 0 amide bonds. The van der Waals surface area contributed by atoms with E-state index in [4.69, 9.17) is 50.3 Å². The molecule has 2 saturated carbocycles. The quantitative estimate of drug-likeness (QED) is 0.116. The molecule has 6 nitrogen and oxygen atoms in total. The normalized spacial score (nSPS) is 29.0. The molecule has 1 aromatic heterocycles. The van der Waals surface area contributed by atoms with E-state index in [1.54, 1.807) is 0 Å². The molecule has 0 spiro atoms. The number of alkyl halides is 1. The van der Waals surface area contributed by atoms with Crippen molar-refractivity contribution in [2.75, 3.05) is 0 Å². The van der Waals surface area contributed by atoms with Crippen LogP contribution < -0.4 is 5.73 Å². The molecule has 4 aliphatic rings. The van der Waals surface area contributed by atoms with Crippen LogP contribution in [0.1, 0.15) is 41.6 Å². The number of hydrogen-bond acceptors (Lipinski definition) is 5. The average Bonchev–Trinajstić information content (AvgIpc) is 3.46. The van der Waals surface area contributed by atoms with Gasteiger partial charge in [0, 0.05) is 21.9 Å². The minimum absolute atomic E-state index is 0.246. The molecule has 6 atom stereocenters. The van der Waals surface area contributed by atoms with Crippen molar-refractivity contribution in [1.29, 1.82) is 0 Å². The van der Waals surface area contributed by atoms with E-state index in [-0.39, 0.29) is 11.8 Å². The van der Waals surface area contributed by atoms with Crippen molar-refractivity contribution in [3.63, 3.8) is 0 Å². The molecule has 9 heteroatoms. The van der Waals surface area contributed by atoms with E-state index in [1.165, 1.54) is 22.3 Å². The van der Waals surface area contributed by atoms with Crippen molar-refractivity contribution in [2.24, 2.45) is 40.5 Å². The van der Waals surface area contributed by atoms with Gasteiger partial charge in [-0.05, 0) is 83.1 Å². The van der Waals surface area contributed by atoms with E-state index in [2.05, 4.69) is 39.6 Å². The van der Waals surface area contributed by atoms with Crippen molar-refractivity contribution in [2.45, 2.75) is 24.6 Å². The van der Waals surface area contributed by atoms with Crippen LogP contribution in [0, 0.1) is 29.6 Å². The van der Waals surface area contributed by atoms with Gasteiger partial charge in [-0.1, -0.05) is 69.9 Å². The molecule has 3 N–H and O–H groups in total. The predicted molar refractivity (Wildman–Crippen MR) is 146 cm³/mol. The Morgan fingerprint density at radius 1 is 0.919 bits per heavy atom. The minimum Gasteiger partial charge on any atom is -0.409 e. The van der Waals surface area contributed by atoms with Crippen LogP contribution in [0.3, 0.4) is 0 Å². The molecule has 0 bridgehead atoms. The summed E-state index contributed by atoms with van der Waals surface area (Å²) in [5.74, 6) is 4.75. The van der Waals surface area contributed by atoms with Gasteiger partial charge in [-0.25, -0.2) is 0 Å². The Balaban J connectivity index is 0.000000138. The van der Waals surface area contributed by atoms with Gasteiger partial charge in [0.15, 0.2) is 5.82 Å². The first-order valence-corrected chi connectivity index (χ1v) is 13.5. The third-order valence-corrected chi connectivity index (χ3v) is 8.67. The monoisotopic (exact) mass is 554 g/mol. The topological polar surface area (TPSA) is 97.5 Å². The van der Waals surface area contributed by atoms with Crippen LogP contribution in [0.5, 0.6) is 0 Å². The number of amidine groups is 1. The van der Waals surface area contributed by atoms with Gasteiger partial charge in [-0.15, -0.1) is 11.6 Å². The summed E-state index contributed by atoms with van der Waals surface area (Å²) in [6.07, 6.45) is 6.67. The lowest BCUT2D eigenvalue weighted by Crippen LogP contribution is -2.16. The number of nitrogens with two attached hydrogens (primary N) is 1. The molecule has 2 aromatic carbocycles. The maximum atomic E-state index is 8.64. The largest absolute Gasteiger partial charge is 0.409 e. The molecule has 0 unspecified atom stereocenters. The lowest BCUT2D eigenvalue weighted by molar-refractivity contribution is 0.316. The average molecular weight is 556 g/mol. The molecule has 0 radical (unpaired) electrons. The Kier molecular flexibility index (Phi) is 6.51. The van der Waals surface area contributed by atoms with E-state index in [0.29, 0.717) is 41.3 Å². The van der Waals surface area contributed by atoms with Gasteiger partial charge in [0.25, 0.3) is 0 Å². The Hall–Kier alpha value is -2.80. The molecule has 0 saturated heterocycles. The van der Waals surface area contributed by atoms with Crippen LogP contribution in [0.4, 0.5) is 0 Å². The number of fused-ring (bicyclic) bond motifs is 2. The van der Waals surface area contributed by atoms with Crippen molar-refractivity contribution in [1.82, 2.24) is 10.1 Å². The smallest absolute Gasteiger partial charge is 0.241 e. The van der Waals surface area contributed by atoms with Gasteiger partial charge in [-0.2, -0.15) is 4.98 Å². The SMILES string of the molecule is ClCc1nc([C@@H]2[C@H]3C=C(c4ccc(Cl)cc4)C[C@H]32)no1.N/C(=N\O)[C@@H]1[C@H]2C=C(c3ccc(Cl)cc3)C[C@H]21. The van der Waals surface area contributed by atoms with Gasteiger partial charge in [0.2, 0.25) is 5.89 Å². The minimum atomic E-state index is 0.246. The number of hydrogen-bond donors (Lipinski definition) is 2. The summed E-state index contributed by atoms with van der Waals surface area (Å²) in [5, 5.41) is 17.3. The highest BCUT2D eigenvalue weighted by atomic mass is 35.5. The standard InChI is InChI=1S/C15H12Cl2N2O.C13H13ClN2O/c16-7-13-18-15(19-20-13)14-11-5-9(6-12(11)14)8-1-3-10(17)4-2-8;14-9-3-1-7(2-4-9)8-5-10-11(6-8)12(10)13(15)16-17/h1-5,11-12,14H,6-7H2;1-5,10-12,17H,6H2,(H2,15,16)/t11-,12+,14+;10-,11+,12+/m00/s1. The molecule has 0 aliphatic heterocycles. The predicted octanol–water partition coefficient (Wildman–Crippen LogP) is 7.01. The summed E-state index contributed by atoms with van der Waals surface area (Å²) in [7, 11) is 0. The molecule has 190 valence electrons. The molecule has 2 fully saturated rings. The summed E-state index contributed by atoms with van der Waals surface area (Å²) in [6, 6.07) is 15.9. The van der Waals surface area contributed by atoms with E-state index in [9.17, 15) is 0 Å². The van der Waals surface area contributed by atoms with Crippen LogP contribution in [0.2, 0.25) is 10.0 Å². The maximum absolute atomic E-state index is 8.64. The van der Waals surface area contributed by atoms with Crippen molar-refractivity contribution >= 4 is 51.8 Å². The second kappa shape index (κ2) is 9.82. The fourth-order valence-electron chi connectivity index (χ4n) is 5.95. The Bertz CT molecular complexity index is 1400. The second-order valence-corrected chi connectivity index (χ2v) is 11.2. The summed E-state index contributed by atoms with van der Waals surface area (Å²) in [4.78, 5) is 4.33. The summed E-state index contributed by atoms with van der Waals surface area (Å²) >= 11 is 17.5. The third kappa shape index (κ3) is 4.78. The summed E-state index contributed by atoms with van der Waals surface area (Å²) in [6.45, 7) is 0. The van der Waals surface area contributed by atoms with Gasteiger partial charge < -0.3 is 15.5 Å². The first kappa shape index (κ1) is 24.5. The summed E-state index contributed by atoms with van der Waals surface area (Å²) in [5.41, 5.74) is 10.9. The first-order valence-electron chi connectivity index (χ1n) is 12.3. The molecule has 3 aromatic rings. The molecule has 37 heavy (non-hydrogen) atoms. The zero-order valence-electron chi connectivity index (χ0n) is 19.8. The number of rotatable bonds is 5. The lowest BCUT2D eigenvalue weighted by Gasteiger charge is -2.06. The Labute approximate surface area is 229 Å². The highest BCUT2D eigenvalue weighted by Crippen LogP contribution is 2.62. The Morgan fingerprint density at radius 2 is 1.49 bits per heavy atom. The maximum Gasteiger partial charge on any atom is 0.241 e. The zero-order chi connectivity index (χ0) is 25.7. The van der Waals surface area contributed by atoms with Gasteiger partial charge >= 0.3 is 0 Å². The number of aromatic nitrogens is 2. The number of oxime groups is 1. The van der Waals surface area contributed by atoms with Gasteiger partial charge in [0.05, 0.1) is 0 Å². The number of halogens is 3. The second-order valence-electron chi connectivity index (χ2n) is 10.0. The zero-order valence-corrected chi connectivity index (χ0v) is 22.0. The van der Waals surface area contributed by atoms with Crippen molar-refractivity contribution in [3.05, 3.63) is 93.6 Å².